The number of aromatic amines is 1. The van der Waals surface area contributed by atoms with Crippen molar-refractivity contribution in [3.63, 3.8) is 0 Å². The number of hydrogen-bond donors (Lipinski definition) is 2. The number of aliphatic hydroxyl groups is 1. The third kappa shape index (κ3) is 2.23. The summed E-state index contributed by atoms with van der Waals surface area (Å²) in [6.07, 6.45) is 7.65. The second-order valence-electron chi connectivity index (χ2n) is 5.90. The molecule has 4 rings (SSSR count). The zero-order chi connectivity index (χ0) is 15.1. The normalized spacial score (nSPS) is 21.8. The van der Waals surface area contributed by atoms with Crippen LogP contribution in [0.2, 0.25) is 0 Å². The summed E-state index contributed by atoms with van der Waals surface area (Å²) in [6, 6.07) is 2.04. The average molecular weight is 298 g/mol. The minimum absolute atomic E-state index is 0.168. The van der Waals surface area contributed by atoms with Gasteiger partial charge >= 0.3 is 0 Å². The summed E-state index contributed by atoms with van der Waals surface area (Å²) in [5, 5.41) is 17.6. The molecular weight excluding hydrogens is 280 g/mol. The van der Waals surface area contributed by atoms with Gasteiger partial charge in [0.1, 0.15) is 5.82 Å². The van der Waals surface area contributed by atoms with Gasteiger partial charge in [-0.1, -0.05) is 0 Å². The first-order valence-electron chi connectivity index (χ1n) is 7.41. The van der Waals surface area contributed by atoms with Crippen molar-refractivity contribution in [2.75, 3.05) is 18.0 Å². The zero-order valence-corrected chi connectivity index (χ0v) is 12.3. The highest BCUT2D eigenvalue weighted by atomic mass is 16.3. The molecule has 22 heavy (non-hydrogen) atoms. The van der Waals surface area contributed by atoms with Crippen LogP contribution in [0.15, 0.2) is 30.9 Å². The fourth-order valence-corrected chi connectivity index (χ4v) is 3.16. The number of H-pyrrole nitrogens is 1. The maximum Gasteiger partial charge on any atom is 0.156 e. The molecule has 0 saturated carbocycles. The van der Waals surface area contributed by atoms with Gasteiger partial charge in [0, 0.05) is 37.1 Å². The quantitative estimate of drug-likeness (QED) is 0.747. The van der Waals surface area contributed by atoms with E-state index in [0.717, 1.165) is 35.8 Å². The summed E-state index contributed by atoms with van der Waals surface area (Å²) in [5.41, 5.74) is 2.87. The molecule has 0 amide bonds. The Morgan fingerprint density at radius 1 is 1.36 bits per heavy atom. The van der Waals surface area contributed by atoms with Gasteiger partial charge in [-0.05, 0) is 19.4 Å². The van der Waals surface area contributed by atoms with Gasteiger partial charge in [0.15, 0.2) is 5.65 Å². The SMILES string of the molecule is Cc1cc(C[C@@H]2CN(c3cncc4nccn34)C[C@@H]2O)n[nH]1. The van der Waals surface area contributed by atoms with Crippen molar-refractivity contribution < 1.29 is 5.11 Å². The van der Waals surface area contributed by atoms with Crippen molar-refractivity contribution in [3.8, 4) is 0 Å². The number of anilines is 1. The summed E-state index contributed by atoms with van der Waals surface area (Å²) in [5.74, 6) is 1.14. The molecular formula is C15H18N6O. The van der Waals surface area contributed by atoms with Crippen LogP contribution < -0.4 is 4.90 Å². The maximum absolute atomic E-state index is 10.4. The van der Waals surface area contributed by atoms with E-state index in [0.29, 0.717) is 6.54 Å². The molecule has 0 bridgehead atoms. The Morgan fingerprint density at radius 3 is 3.09 bits per heavy atom. The zero-order valence-electron chi connectivity index (χ0n) is 12.3. The highest BCUT2D eigenvalue weighted by molar-refractivity contribution is 5.49. The van der Waals surface area contributed by atoms with Crippen LogP contribution in [0.5, 0.6) is 0 Å². The second kappa shape index (κ2) is 5.10. The fraction of sp³-hybridized carbons (Fsp3) is 0.400. The molecule has 7 nitrogen and oxygen atoms in total. The van der Waals surface area contributed by atoms with E-state index >= 15 is 0 Å². The average Bonchev–Trinajstić information content (AvgIpc) is 3.20. The molecule has 7 heteroatoms. The van der Waals surface area contributed by atoms with Crippen LogP contribution in [0.1, 0.15) is 11.4 Å². The first-order valence-corrected chi connectivity index (χ1v) is 7.41. The lowest BCUT2D eigenvalue weighted by Gasteiger charge is -2.19. The van der Waals surface area contributed by atoms with Crippen LogP contribution in [0, 0.1) is 12.8 Å². The molecule has 1 saturated heterocycles. The predicted octanol–water partition coefficient (Wildman–Crippen LogP) is 0.801. The van der Waals surface area contributed by atoms with Crippen molar-refractivity contribution in [3.05, 3.63) is 42.2 Å². The Balaban J connectivity index is 1.56. The predicted molar refractivity (Wildman–Crippen MR) is 81.7 cm³/mol. The summed E-state index contributed by atoms with van der Waals surface area (Å²) in [6.45, 7) is 3.37. The van der Waals surface area contributed by atoms with Crippen molar-refractivity contribution in [1.29, 1.82) is 0 Å². The molecule has 1 fully saturated rings. The minimum Gasteiger partial charge on any atom is -0.391 e. The van der Waals surface area contributed by atoms with Crippen LogP contribution in [0.3, 0.4) is 0 Å². The van der Waals surface area contributed by atoms with Gasteiger partial charge in [-0.3, -0.25) is 14.5 Å². The lowest BCUT2D eigenvalue weighted by Crippen LogP contribution is -2.23. The molecule has 114 valence electrons. The number of nitrogens with one attached hydrogen (secondary N) is 1. The van der Waals surface area contributed by atoms with Crippen LogP contribution in [0.4, 0.5) is 5.82 Å². The Bertz CT molecular complexity index is 794. The first-order chi connectivity index (χ1) is 10.7. The third-order valence-electron chi connectivity index (χ3n) is 4.26. The standard InChI is InChI=1S/C15H18N6O/c1-10-4-12(19-18-10)5-11-8-20(9-13(11)22)15-7-16-6-14-17-2-3-21(14)15/h2-4,6-7,11,13,22H,5,8-9H2,1H3,(H,18,19)/t11-,13+/m1/s1. The summed E-state index contributed by atoms with van der Waals surface area (Å²) in [4.78, 5) is 10.7. The number of fused-ring (bicyclic) bond motifs is 1. The molecule has 2 atom stereocenters. The van der Waals surface area contributed by atoms with E-state index in [4.69, 9.17) is 0 Å². The van der Waals surface area contributed by atoms with E-state index in [2.05, 4.69) is 25.1 Å². The molecule has 1 aliphatic heterocycles. The summed E-state index contributed by atoms with van der Waals surface area (Å²) >= 11 is 0. The van der Waals surface area contributed by atoms with Crippen LogP contribution in [-0.4, -0.2) is 48.9 Å². The van der Waals surface area contributed by atoms with Crippen molar-refractivity contribution >= 4 is 11.5 Å². The number of rotatable bonds is 3. The van der Waals surface area contributed by atoms with Crippen LogP contribution >= 0.6 is 0 Å². The Hall–Kier alpha value is -2.41. The van der Waals surface area contributed by atoms with Crippen LogP contribution in [0.25, 0.3) is 5.65 Å². The number of hydrogen-bond acceptors (Lipinski definition) is 5. The molecule has 4 heterocycles. The molecule has 0 spiro atoms. The molecule has 2 N–H and O–H groups in total. The number of β-amino-alcohol motifs (C(OH)–C–C–N with tert-alkyl or cyclic N) is 1. The van der Waals surface area contributed by atoms with E-state index in [9.17, 15) is 5.11 Å². The third-order valence-corrected chi connectivity index (χ3v) is 4.26. The number of aromatic nitrogens is 5. The highest BCUT2D eigenvalue weighted by Gasteiger charge is 2.33. The molecule has 3 aromatic heterocycles. The van der Waals surface area contributed by atoms with Gasteiger partial charge in [-0.15, -0.1) is 0 Å². The Kier molecular flexibility index (Phi) is 3.07. The lowest BCUT2D eigenvalue weighted by atomic mass is 10.0. The van der Waals surface area contributed by atoms with E-state index in [1.807, 2.05) is 29.8 Å². The van der Waals surface area contributed by atoms with Crippen molar-refractivity contribution in [1.82, 2.24) is 24.6 Å². The van der Waals surface area contributed by atoms with Crippen molar-refractivity contribution in [2.45, 2.75) is 19.4 Å². The van der Waals surface area contributed by atoms with Gasteiger partial charge in [0.2, 0.25) is 0 Å². The summed E-state index contributed by atoms with van der Waals surface area (Å²) in [7, 11) is 0. The topological polar surface area (TPSA) is 82.3 Å². The van der Waals surface area contributed by atoms with E-state index in [1.54, 1.807) is 12.4 Å². The van der Waals surface area contributed by atoms with Gasteiger partial charge in [-0.25, -0.2) is 4.98 Å². The Labute approximate surface area is 127 Å². The molecule has 0 aliphatic carbocycles. The largest absolute Gasteiger partial charge is 0.391 e. The molecule has 3 aromatic rings. The number of imidazole rings is 1. The van der Waals surface area contributed by atoms with E-state index in [-0.39, 0.29) is 12.0 Å². The Morgan fingerprint density at radius 2 is 2.27 bits per heavy atom. The fourth-order valence-electron chi connectivity index (χ4n) is 3.16. The van der Waals surface area contributed by atoms with E-state index < -0.39 is 0 Å². The molecule has 0 unspecified atom stereocenters. The van der Waals surface area contributed by atoms with Gasteiger partial charge in [0.05, 0.1) is 24.2 Å². The highest BCUT2D eigenvalue weighted by Crippen LogP contribution is 2.26. The van der Waals surface area contributed by atoms with E-state index in [1.165, 1.54) is 0 Å². The van der Waals surface area contributed by atoms with Crippen LogP contribution in [-0.2, 0) is 6.42 Å². The smallest absolute Gasteiger partial charge is 0.156 e. The number of aliphatic hydroxyl groups excluding tert-OH is 1. The number of aryl methyl sites for hydroxylation is 1. The van der Waals surface area contributed by atoms with Gasteiger partial charge in [0.25, 0.3) is 0 Å². The summed E-state index contributed by atoms with van der Waals surface area (Å²) < 4.78 is 2.00. The van der Waals surface area contributed by atoms with Gasteiger partial charge in [-0.2, -0.15) is 5.10 Å². The van der Waals surface area contributed by atoms with Crippen molar-refractivity contribution in [2.24, 2.45) is 5.92 Å². The van der Waals surface area contributed by atoms with Gasteiger partial charge < -0.3 is 10.0 Å². The lowest BCUT2D eigenvalue weighted by molar-refractivity contribution is 0.148. The second-order valence-corrected chi connectivity index (χ2v) is 5.90. The molecule has 0 aromatic carbocycles. The monoisotopic (exact) mass is 298 g/mol. The first kappa shape index (κ1) is 13.3. The minimum atomic E-state index is -0.365. The maximum atomic E-state index is 10.4. The number of nitrogens with zero attached hydrogens (tertiary/aromatic N) is 5. The molecule has 1 aliphatic rings. The molecule has 0 radical (unpaired) electrons.